The Kier molecular flexibility index (Phi) is 2.31. The zero-order valence-corrected chi connectivity index (χ0v) is 8.05. The molecule has 0 amide bonds. The lowest BCUT2D eigenvalue weighted by molar-refractivity contribution is -0.553. The average Bonchev–Trinajstić information content (AvgIpc) is 2.47. The summed E-state index contributed by atoms with van der Waals surface area (Å²) in [7, 11) is 0. The van der Waals surface area contributed by atoms with E-state index in [1.165, 1.54) is 0 Å². The Bertz CT molecular complexity index is 382. The molecule has 72 valence electrons. The molecule has 0 saturated carbocycles. The highest BCUT2D eigenvalue weighted by Gasteiger charge is 2.21. The van der Waals surface area contributed by atoms with Crippen molar-refractivity contribution < 1.29 is 9.79 Å². The fraction of sp³-hybridized carbons (Fsp3) is 0.273. The third-order valence-corrected chi connectivity index (χ3v) is 2.23. The van der Waals surface area contributed by atoms with Gasteiger partial charge in [-0.1, -0.05) is 22.9 Å². The molecule has 1 aliphatic rings. The Morgan fingerprint density at radius 2 is 2.14 bits per heavy atom. The lowest BCUT2D eigenvalue weighted by atomic mass is 10.2. The van der Waals surface area contributed by atoms with Gasteiger partial charge in [0.2, 0.25) is 6.21 Å². The summed E-state index contributed by atoms with van der Waals surface area (Å²) >= 11 is 0. The molecule has 1 aromatic carbocycles. The van der Waals surface area contributed by atoms with Gasteiger partial charge in [0.25, 0.3) is 0 Å². The maximum absolute atomic E-state index is 11.0. The Morgan fingerprint density at radius 3 is 2.71 bits per heavy atom. The molecule has 0 spiro atoms. The van der Waals surface area contributed by atoms with Crippen LogP contribution < -0.4 is 5.11 Å². The van der Waals surface area contributed by atoms with Gasteiger partial charge in [0.05, 0.1) is 0 Å². The first kappa shape index (κ1) is 8.94. The van der Waals surface area contributed by atoms with Crippen LogP contribution in [0.2, 0.25) is 0 Å². The van der Waals surface area contributed by atoms with E-state index in [1.54, 1.807) is 4.68 Å². The summed E-state index contributed by atoms with van der Waals surface area (Å²) in [5.74, 6) is -0.0373. The molecule has 0 radical (unpaired) electrons. The van der Waals surface area contributed by atoms with E-state index in [0.717, 1.165) is 5.56 Å². The fourth-order valence-electron chi connectivity index (χ4n) is 1.46. The molecule has 1 aromatic rings. The molecule has 2 rings (SSSR count). The van der Waals surface area contributed by atoms with Crippen molar-refractivity contribution in [1.29, 1.82) is 0 Å². The Hall–Kier alpha value is -1.64. The number of hydrazone groups is 1. The fourth-order valence-corrected chi connectivity index (χ4v) is 1.46. The van der Waals surface area contributed by atoms with Crippen LogP contribution in [-0.2, 0) is 0 Å². The van der Waals surface area contributed by atoms with Crippen LogP contribution in [0.25, 0.3) is 0 Å². The molecule has 1 heterocycles. The third kappa shape index (κ3) is 1.82. The monoisotopic (exact) mass is 188 g/mol. The average molecular weight is 188 g/mol. The van der Waals surface area contributed by atoms with E-state index in [4.69, 9.17) is 0 Å². The van der Waals surface area contributed by atoms with Crippen LogP contribution in [0.5, 0.6) is 0 Å². The van der Waals surface area contributed by atoms with Crippen molar-refractivity contribution in [2.24, 2.45) is 5.10 Å². The Labute approximate surface area is 83.0 Å². The Balaban J connectivity index is 2.27. The van der Waals surface area contributed by atoms with Crippen LogP contribution in [0.3, 0.4) is 0 Å². The zero-order valence-electron chi connectivity index (χ0n) is 8.05. The van der Waals surface area contributed by atoms with Crippen molar-refractivity contribution >= 4 is 12.1 Å². The van der Waals surface area contributed by atoms with Crippen molar-refractivity contribution in [2.75, 3.05) is 0 Å². The van der Waals surface area contributed by atoms with Crippen LogP contribution in [0, 0.1) is 0 Å². The normalized spacial score (nSPS) is 23.9. The topological polar surface area (TPSA) is 38.4 Å². The van der Waals surface area contributed by atoms with Crippen molar-refractivity contribution in [3.05, 3.63) is 35.9 Å². The van der Waals surface area contributed by atoms with E-state index in [9.17, 15) is 5.11 Å². The minimum atomic E-state index is -0.0373. The van der Waals surface area contributed by atoms with Gasteiger partial charge in [-0.15, -0.1) is 0 Å². The number of rotatable bonds is 1. The highest BCUT2D eigenvalue weighted by Crippen LogP contribution is 2.06. The molecule has 14 heavy (non-hydrogen) atoms. The van der Waals surface area contributed by atoms with Crippen molar-refractivity contribution in [1.82, 2.24) is 0 Å². The zero-order chi connectivity index (χ0) is 9.97. The molecule has 1 unspecified atom stereocenters. The minimum Gasteiger partial charge on any atom is -0.857 e. The van der Waals surface area contributed by atoms with Gasteiger partial charge in [-0.25, -0.2) is 0 Å². The summed E-state index contributed by atoms with van der Waals surface area (Å²) in [5, 5.41) is 14.9. The van der Waals surface area contributed by atoms with Gasteiger partial charge >= 0.3 is 0 Å². The molecule has 1 atom stereocenters. The van der Waals surface area contributed by atoms with Gasteiger partial charge in [0.15, 0.2) is 6.04 Å². The van der Waals surface area contributed by atoms with Gasteiger partial charge in [0, 0.05) is 24.8 Å². The predicted molar refractivity (Wildman–Crippen MR) is 53.4 cm³/mol. The summed E-state index contributed by atoms with van der Waals surface area (Å²) in [5.41, 5.74) is 1.07. The second-order valence-corrected chi connectivity index (χ2v) is 3.47. The van der Waals surface area contributed by atoms with Gasteiger partial charge < -0.3 is 5.11 Å². The van der Waals surface area contributed by atoms with Crippen molar-refractivity contribution in [3.8, 4) is 0 Å². The first-order valence-corrected chi connectivity index (χ1v) is 4.68. The maximum Gasteiger partial charge on any atom is 0.203 e. The number of nitrogens with zero attached hydrogens (tertiary/aromatic N) is 2. The molecule has 0 aliphatic carbocycles. The molecule has 0 aromatic heterocycles. The van der Waals surface area contributed by atoms with Crippen LogP contribution in [-0.4, -0.2) is 22.8 Å². The van der Waals surface area contributed by atoms with Crippen molar-refractivity contribution in [3.63, 3.8) is 0 Å². The molecular weight excluding hydrogens is 176 g/mol. The van der Waals surface area contributed by atoms with E-state index in [1.807, 2.05) is 43.5 Å². The first-order valence-electron chi connectivity index (χ1n) is 4.68. The largest absolute Gasteiger partial charge is 0.857 e. The highest BCUT2D eigenvalue weighted by atomic mass is 16.3. The highest BCUT2D eigenvalue weighted by molar-refractivity contribution is 5.77. The standard InChI is InChI=1S/C11H12N2O/c1-9-7-11(14)12-13(9)8-10-5-3-2-4-6-10/h2-6,8-9H,7H2,1H3. The van der Waals surface area contributed by atoms with Crippen molar-refractivity contribution in [2.45, 2.75) is 19.4 Å². The molecule has 0 fully saturated rings. The second kappa shape index (κ2) is 3.62. The van der Waals surface area contributed by atoms with Crippen LogP contribution >= 0.6 is 0 Å². The van der Waals surface area contributed by atoms with E-state index >= 15 is 0 Å². The van der Waals surface area contributed by atoms with Gasteiger partial charge in [-0.2, -0.15) is 0 Å². The molecule has 3 heteroatoms. The number of benzene rings is 1. The van der Waals surface area contributed by atoms with E-state index in [2.05, 4.69) is 5.10 Å². The quantitative estimate of drug-likeness (QED) is 0.594. The number of hydrogen-bond donors (Lipinski definition) is 0. The molecule has 0 saturated heterocycles. The van der Waals surface area contributed by atoms with E-state index in [0.29, 0.717) is 6.42 Å². The molecule has 1 aliphatic heterocycles. The van der Waals surface area contributed by atoms with Crippen LogP contribution in [0.15, 0.2) is 35.4 Å². The van der Waals surface area contributed by atoms with Crippen LogP contribution in [0.1, 0.15) is 18.9 Å². The summed E-state index contributed by atoms with van der Waals surface area (Å²) in [6, 6.07) is 10.1. The summed E-state index contributed by atoms with van der Waals surface area (Å²) in [6.45, 7) is 1.99. The minimum absolute atomic E-state index is 0.0373. The predicted octanol–water partition coefficient (Wildman–Crippen LogP) is 0.584. The third-order valence-electron chi connectivity index (χ3n) is 2.23. The Morgan fingerprint density at radius 1 is 1.43 bits per heavy atom. The van der Waals surface area contributed by atoms with E-state index in [-0.39, 0.29) is 11.9 Å². The summed E-state index contributed by atoms with van der Waals surface area (Å²) in [4.78, 5) is 0. The van der Waals surface area contributed by atoms with Gasteiger partial charge in [-0.3, -0.25) is 0 Å². The number of hydrogen-bond acceptors (Lipinski definition) is 2. The molecule has 0 N–H and O–H groups in total. The maximum atomic E-state index is 11.0. The van der Waals surface area contributed by atoms with Gasteiger partial charge in [0.1, 0.15) is 0 Å². The summed E-state index contributed by atoms with van der Waals surface area (Å²) in [6.07, 6.45) is 2.42. The molecular formula is C11H12N2O. The SMILES string of the molecule is CC1CC([O-])=N[N+]1=Cc1ccccc1. The van der Waals surface area contributed by atoms with Gasteiger partial charge in [-0.05, 0) is 17.2 Å². The first-order chi connectivity index (χ1) is 6.75. The smallest absolute Gasteiger partial charge is 0.203 e. The molecule has 0 bridgehead atoms. The van der Waals surface area contributed by atoms with E-state index < -0.39 is 0 Å². The summed E-state index contributed by atoms with van der Waals surface area (Å²) < 4.78 is 1.73. The second-order valence-electron chi connectivity index (χ2n) is 3.47. The molecule has 3 nitrogen and oxygen atoms in total. The van der Waals surface area contributed by atoms with Crippen LogP contribution in [0.4, 0.5) is 0 Å². The lowest BCUT2D eigenvalue weighted by Crippen LogP contribution is -2.17. The lowest BCUT2D eigenvalue weighted by Gasteiger charge is -1.96.